The molecule has 1 aromatic carbocycles. The van der Waals surface area contributed by atoms with Crippen LogP contribution in [0.5, 0.6) is 0 Å². The first-order valence-electron chi connectivity index (χ1n) is 6.03. The lowest BCUT2D eigenvalue weighted by molar-refractivity contribution is 0.102. The van der Waals surface area contributed by atoms with Gasteiger partial charge in [0.2, 0.25) is 0 Å². The molecule has 0 fully saturated rings. The fraction of sp³-hybridized carbons (Fsp3) is 0.0714. The number of carbonyl (C=O) groups excluding carboxylic acids is 1. The zero-order valence-corrected chi connectivity index (χ0v) is 12.8. The molecule has 2 rings (SSSR count). The number of aryl methyl sites for hydroxylation is 1. The molecule has 21 heavy (non-hydrogen) atoms. The van der Waals surface area contributed by atoms with Crippen molar-refractivity contribution in [1.29, 1.82) is 0 Å². The number of benzene rings is 1. The Labute approximate surface area is 129 Å². The highest BCUT2D eigenvalue weighted by Gasteiger charge is 2.11. The number of amides is 1. The number of halogens is 1. The summed E-state index contributed by atoms with van der Waals surface area (Å²) in [7, 11) is 0. The average Bonchev–Trinajstić information content (AvgIpc) is 2.51. The number of anilines is 1. The van der Waals surface area contributed by atoms with E-state index in [4.69, 9.17) is 10.9 Å². The second-order valence-corrected chi connectivity index (χ2v) is 5.10. The van der Waals surface area contributed by atoms with Crippen molar-refractivity contribution in [3.05, 3.63) is 57.8 Å². The summed E-state index contributed by atoms with van der Waals surface area (Å²) in [6, 6.07) is 8.64. The maximum Gasteiger partial charge on any atom is 0.274 e. The van der Waals surface area contributed by atoms with Crippen molar-refractivity contribution in [1.82, 2.24) is 4.98 Å². The van der Waals surface area contributed by atoms with Crippen LogP contribution in [0.4, 0.5) is 5.69 Å². The quantitative estimate of drug-likeness (QED) is 0.343. The number of nitrogens with two attached hydrogens (primary N) is 1. The van der Waals surface area contributed by atoms with Crippen molar-refractivity contribution in [2.45, 2.75) is 6.92 Å². The van der Waals surface area contributed by atoms with E-state index in [2.05, 4.69) is 31.4 Å². The number of oxime groups is 1. The Morgan fingerprint density at radius 3 is 2.76 bits per heavy atom. The lowest BCUT2D eigenvalue weighted by atomic mass is 10.2. The maximum atomic E-state index is 12.1. The van der Waals surface area contributed by atoms with Crippen LogP contribution in [-0.2, 0) is 0 Å². The van der Waals surface area contributed by atoms with E-state index in [1.165, 1.54) is 12.3 Å². The minimum atomic E-state index is -0.340. The van der Waals surface area contributed by atoms with Gasteiger partial charge in [-0.05, 0) is 46.6 Å². The molecule has 1 aromatic heterocycles. The predicted octanol–water partition coefficient (Wildman–Crippen LogP) is 2.50. The Hall–Kier alpha value is -2.41. The molecule has 0 aliphatic heterocycles. The molecular formula is C14H13BrN4O2. The molecule has 1 heterocycles. The summed E-state index contributed by atoms with van der Waals surface area (Å²) in [4.78, 5) is 16.1. The van der Waals surface area contributed by atoms with Crippen molar-refractivity contribution >= 4 is 33.4 Å². The van der Waals surface area contributed by atoms with E-state index in [1.807, 2.05) is 19.1 Å². The van der Waals surface area contributed by atoms with Gasteiger partial charge in [0.1, 0.15) is 5.69 Å². The number of nitrogens with zero attached hydrogens (tertiary/aromatic N) is 2. The molecule has 0 saturated carbocycles. The van der Waals surface area contributed by atoms with Crippen LogP contribution in [-0.4, -0.2) is 21.9 Å². The number of pyridine rings is 1. The summed E-state index contributed by atoms with van der Waals surface area (Å²) in [5, 5.41) is 14.2. The Morgan fingerprint density at radius 1 is 1.38 bits per heavy atom. The summed E-state index contributed by atoms with van der Waals surface area (Å²) < 4.78 is 0.826. The molecule has 1 amide bonds. The van der Waals surface area contributed by atoms with Crippen LogP contribution in [0.25, 0.3) is 0 Å². The third kappa shape index (κ3) is 3.38. The second kappa shape index (κ2) is 6.36. The largest absolute Gasteiger partial charge is 0.409 e. The average molecular weight is 349 g/mol. The third-order valence-electron chi connectivity index (χ3n) is 2.84. The highest BCUT2D eigenvalue weighted by atomic mass is 79.9. The van der Waals surface area contributed by atoms with E-state index in [9.17, 15) is 4.79 Å². The number of nitrogens with one attached hydrogen (secondary N) is 1. The summed E-state index contributed by atoms with van der Waals surface area (Å²) in [6.07, 6.45) is 1.37. The Morgan fingerprint density at radius 2 is 2.14 bits per heavy atom. The summed E-state index contributed by atoms with van der Waals surface area (Å²) >= 11 is 3.43. The van der Waals surface area contributed by atoms with Gasteiger partial charge >= 0.3 is 0 Å². The lowest BCUT2D eigenvalue weighted by Crippen LogP contribution is -2.17. The van der Waals surface area contributed by atoms with Crippen molar-refractivity contribution < 1.29 is 10.0 Å². The summed E-state index contributed by atoms with van der Waals surface area (Å²) in [6.45, 7) is 1.93. The third-order valence-corrected chi connectivity index (χ3v) is 3.89. The molecule has 0 atom stereocenters. The minimum absolute atomic E-state index is 0.0594. The van der Waals surface area contributed by atoms with Crippen LogP contribution < -0.4 is 11.1 Å². The first kappa shape index (κ1) is 15.0. The first-order chi connectivity index (χ1) is 10.0. The molecule has 108 valence electrons. The molecule has 7 heteroatoms. The van der Waals surface area contributed by atoms with E-state index in [-0.39, 0.29) is 17.4 Å². The lowest BCUT2D eigenvalue weighted by Gasteiger charge is -2.09. The normalized spacial score (nSPS) is 11.2. The van der Waals surface area contributed by atoms with Gasteiger partial charge < -0.3 is 16.3 Å². The van der Waals surface area contributed by atoms with E-state index in [1.54, 1.807) is 12.1 Å². The SMILES string of the molecule is Cc1cccc(NC(=O)c2ccc(/C(N)=N/O)cn2)c1Br. The molecular weight excluding hydrogens is 336 g/mol. The van der Waals surface area contributed by atoms with Gasteiger partial charge in [-0.1, -0.05) is 17.3 Å². The van der Waals surface area contributed by atoms with Crippen molar-refractivity contribution in [2.75, 3.05) is 5.32 Å². The van der Waals surface area contributed by atoms with E-state index >= 15 is 0 Å². The number of hydrogen-bond acceptors (Lipinski definition) is 4. The van der Waals surface area contributed by atoms with E-state index in [0.29, 0.717) is 11.3 Å². The molecule has 0 radical (unpaired) electrons. The molecule has 0 unspecified atom stereocenters. The van der Waals surface area contributed by atoms with Crippen LogP contribution in [0.3, 0.4) is 0 Å². The standard InChI is InChI=1S/C14H13BrN4O2/c1-8-3-2-4-10(12(8)15)18-14(20)11-6-5-9(7-17-11)13(16)19-21/h2-7,21H,1H3,(H2,16,19)(H,18,20). The number of aromatic nitrogens is 1. The van der Waals surface area contributed by atoms with Gasteiger partial charge in [0.05, 0.1) is 5.69 Å². The van der Waals surface area contributed by atoms with Gasteiger partial charge in [0.15, 0.2) is 5.84 Å². The van der Waals surface area contributed by atoms with Crippen LogP contribution >= 0.6 is 15.9 Å². The number of rotatable bonds is 3. The zero-order valence-electron chi connectivity index (χ0n) is 11.2. The Bertz CT molecular complexity index is 699. The fourth-order valence-electron chi connectivity index (χ4n) is 1.67. The van der Waals surface area contributed by atoms with E-state index in [0.717, 1.165) is 10.0 Å². The van der Waals surface area contributed by atoms with E-state index < -0.39 is 0 Å². The Kier molecular flexibility index (Phi) is 4.54. The molecule has 2 aromatic rings. The predicted molar refractivity (Wildman–Crippen MR) is 83.6 cm³/mol. The highest BCUT2D eigenvalue weighted by molar-refractivity contribution is 9.10. The van der Waals surface area contributed by atoms with Crippen LogP contribution in [0, 0.1) is 6.92 Å². The van der Waals surface area contributed by atoms with Crippen LogP contribution in [0.15, 0.2) is 46.2 Å². The smallest absolute Gasteiger partial charge is 0.274 e. The fourth-order valence-corrected chi connectivity index (χ4v) is 2.03. The van der Waals surface area contributed by atoms with Gasteiger partial charge in [-0.3, -0.25) is 9.78 Å². The molecule has 6 nitrogen and oxygen atoms in total. The van der Waals surface area contributed by atoms with Gasteiger partial charge in [-0.2, -0.15) is 0 Å². The van der Waals surface area contributed by atoms with Gasteiger partial charge in [0.25, 0.3) is 5.91 Å². The van der Waals surface area contributed by atoms with Gasteiger partial charge in [0, 0.05) is 16.2 Å². The number of amidine groups is 1. The van der Waals surface area contributed by atoms with Gasteiger partial charge in [-0.25, -0.2) is 0 Å². The van der Waals surface area contributed by atoms with Crippen molar-refractivity contribution in [3.63, 3.8) is 0 Å². The molecule has 0 saturated heterocycles. The minimum Gasteiger partial charge on any atom is -0.409 e. The topological polar surface area (TPSA) is 101 Å². The number of hydrogen-bond donors (Lipinski definition) is 3. The van der Waals surface area contributed by atoms with Crippen LogP contribution in [0.1, 0.15) is 21.6 Å². The summed E-state index contributed by atoms with van der Waals surface area (Å²) in [5.74, 6) is -0.400. The molecule has 4 N–H and O–H groups in total. The van der Waals surface area contributed by atoms with Crippen molar-refractivity contribution in [2.24, 2.45) is 10.9 Å². The second-order valence-electron chi connectivity index (χ2n) is 4.31. The highest BCUT2D eigenvalue weighted by Crippen LogP contribution is 2.25. The monoisotopic (exact) mass is 348 g/mol. The molecule has 0 spiro atoms. The first-order valence-corrected chi connectivity index (χ1v) is 6.82. The molecule has 0 aliphatic rings. The van der Waals surface area contributed by atoms with Crippen LogP contribution in [0.2, 0.25) is 0 Å². The number of carbonyl (C=O) groups is 1. The Balaban J connectivity index is 2.19. The molecule has 0 bridgehead atoms. The zero-order chi connectivity index (χ0) is 15.4. The summed E-state index contributed by atoms with van der Waals surface area (Å²) in [5.41, 5.74) is 7.79. The van der Waals surface area contributed by atoms with Crippen molar-refractivity contribution in [3.8, 4) is 0 Å². The maximum absolute atomic E-state index is 12.1. The van der Waals surface area contributed by atoms with Gasteiger partial charge in [-0.15, -0.1) is 0 Å². The molecule has 0 aliphatic carbocycles.